The normalized spacial score (nSPS) is 15.9. The van der Waals surface area contributed by atoms with Crippen molar-refractivity contribution in [1.82, 2.24) is 5.32 Å². The summed E-state index contributed by atoms with van der Waals surface area (Å²) in [7, 11) is 3.77. The van der Waals surface area contributed by atoms with Crippen LogP contribution in [-0.4, -0.2) is 26.5 Å². The van der Waals surface area contributed by atoms with Gasteiger partial charge in [0.15, 0.2) is 0 Å². The number of hydrogen-bond donors (Lipinski definition) is 2. The molecule has 1 heterocycles. The lowest BCUT2D eigenvalue weighted by Crippen LogP contribution is -2.20. The molecule has 1 aliphatic rings. The van der Waals surface area contributed by atoms with E-state index in [1.165, 1.54) is 0 Å². The maximum Gasteiger partial charge on any atom is 0.231 e. The zero-order valence-electron chi connectivity index (χ0n) is 11.1. The lowest BCUT2D eigenvalue weighted by atomic mass is 9.99. The molecule has 98 valence electrons. The SMILES string of the molecule is CNCCCC(N)c1ccc2c(c1)CC(=O)N2C. The van der Waals surface area contributed by atoms with Gasteiger partial charge in [-0.1, -0.05) is 12.1 Å². The van der Waals surface area contributed by atoms with E-state index >= 15 is 0 Å². The molecule has 1 amide bonds. The minimum atomic E-state index is 0.0599. The van der Waals surface area contributed by atoms with Crippen molar-refractivity contribution < 1.29 is 4.79 Å². The van der Waals surface area contributed by atoms with Crippen molar-refractivity contribution in [2.24, 2.45) is 5.73 Å². The summed E-state index contributed by atoms with van der Waals surface area (Å²) in [4.78, 5) is 13.3. The fraction of sp³-hybridized carbons (Fsp3) is 0.500. The number of carbonyl (C=O) groups excluding carboxylic acids is 1. The van der Waals surface area contributed by atoms with Crippen LogP contribution < -0.4 is 16.0 Å². The summed E-state index contributed by atoms with van der Waals surface area (Å²) < 4.78 is 0. The van der Waals surface area contributed by atoms with Gasteiger partial charge >= 0.3 is 0 Å². The van der Waals surface area contributed by atoms with Gasteiger partial charge in [0, 0.05) is 18.8 Å². The Bertz CT molecular complexity index is 445. The van der Waals surface area contributed by atoms with E-state index < -0.39 is 0 Å². The van der Waals surface area contributed by atoms with Crippen LogP contribution in [0.4, 0.5) is 5.69 Å². The maximum absolute atomic E-state index is 11.6. The molecule has 18 heavy (non-hydrogen) atoms. The van der Waals surface area contributed by atoms with Crippen LogP contribution in [0, 0.1) is 0 Å². The summed E-state index contributed by atoms with van der Waals surface area (Å²) in [6.45, 7) is 0.986. The van der Waals surface area contributed by atoms with Crippen LogP contribution >= 0.6 is 0 Å². The zero-order valence-corrected chi connectivity index (χ0v) is 11.1. The van der Waals surface area contributed by atoms with Crippen molar-refractivity contribution in [2.45, 2.75) is 25.3 Å². The molecule has 0 saturated carbocycles. The number of nitrogens with one attached hydrogen (secondary N) is 1. The van der Waals surface area contributed by atoms with Gasteiger partial charge < -0.3 is 16.0 Å². The number of benzene rings is 1. The number of likely N-dealkylation sites (N-methyl/N-ethyl adjacent to an activating group) is 1. The lowest BCUT2D eigenvalue weighted by molar-refractivity contribution is -0.117. The van der Waals surface area contributed by atoms with E-state index in [0.717, 1.165) is 36.2 Å². The predicted molar refractivity (Wildman–Crippen MR) is 73.6 cm³/mol. The van der Waals surface area contributed by atoms with Crippen molar-refractivity contribution in [1.29, 1.82) is 0 Å². The largest absolute Gasteiger partial charge is 0.324 e. The quantitative estimate of drug-likeness (QED) is 0.769. The van der Waals surface area contributed by atoms with Gasteiger partial charge in [0.05, 0.1) is 6.42 Å². The molecule has 1 atom stereocenters. The minimum Gasteiger partial charge on any atom is -0.324 e. The molecule has 0 spiro atoms. The Morgan fingerprint density at radius 1 is 1.50 bits per heavy atom. The number of hydrogen-bond acceptors (Lipinski definition) is 3. The first-order chi connectivity index (χ1) is 8.63. The summed E-state index contributed by atoms with van der Waals surface area (Å²) in [5.41, 5.74) is 9.43. The third kappa shape index (κ3) is 2.54. The van der Waals surface area contributed by atoms with Crippen LogP contribution in [-0.2, 0) is 11.2 Å². The van der Waals surface area contributed by atoms with E-state index in [-0.39, 0.29) is 11.9 Å². The smallest absolute Gasteiger partial charge is 0.231 e. The number of rotatable bonds is 5. The molecule has 1 aromatic carbocycles. The number of carbonyl (C=O) groups is 1. The Kier molecular flexibility index (Phi) is 3.99. The molecule has 2 rings (SSSR count). The fourth-order valence-electron chi connectivity index (χ4n) is 2.39. The van der Waals surface area contributed by atoms with Gasteiger partial charge in [-0.05, 0) is 43.6 Å². The molecule has 0 saturated heterocycles. The molecule has 0 aromatic heterocycles. The minimum absolute atomic E-state index is 0.0599. The molecule has 1 aliphatic heterocycles. The molecule has 0 bridgehead atoms. The number of fused-ring (bicyclic) bond motifs is 1. The van der Waals surface area contributed by atoms with E-state index in [2.05, 4.69) is 11.4 Å². The van der Waals surface area contributed by atoms with E-state index in [1.807, 2.05) is 26.2 Å². The van der Waals surface area contributed by atoms with Crippen LogP contribution in [0.3, 0.4) is 0 Å². The molecule has 4 nitrogen and oxygen atoms in total. The van der Waals surface area contributed by atoms with E-state index in [0.29, 0.717) is 6.42 Å². The molecule has 0 aliphatic carbocycles. The molecule has 4 heteroatoms. The summed E-state index contributed by atoms with van der Waals surface area (Å²) in [5, 5.41) is 3.12. The predicted octanol–water partition coefficient (Wildman–Crippen LogP) is 1.20. The van der Waals surface area contributed by atoms with Crippen molar-refractivity contribution in [2.75, 3.05) is 25.5 Å². The maximum atomic E-state index is 11.6. The highest BCUT2D eigenvalue weighted by Gasteiger charge is 2.24. The van der Waals surface area contributed by atoms with Gasteiger partial charge in [-0.2, -0.15) is 0 Å². The second-order valence-electron chi connectivity index (χ2n) is 4.87. The molecule has 0 radical (unpaired) electrons. The fourth-order valence-corrected chi connectivity index (χ4v) is 2.39. The van der Waals surface area contributed by atoms with Crippen molar-refractivity contribution in [3.8, 4) is 0 Å². The first-order valence-corrected chi connectivity index (χ1v) is 6.43. The number of amides is 1. The van der Waals surface area contributed by atoms with Crippen LogP contribution in [0.2, 0.25) is 0 Å². The van der Waals surface area contributed by atoms with Gasteiger partial charge in [0.25, 0.3) is 0 Å². The highest BCUT2D eigenvalue weighted by atomic mass is 16.2. The van der Waals surface area contributed by atoms with E-state index in [4.69, 9.17) is 5.73 Å². The summed E-state index contributed by atoms with van der Waals surface area (Å²) in [6.07, 6.45) is 2.53. The van der Waals surface area contributed by atoms with Crippen LogP contribution in [0.15, 0.2) is 18.2 Å². The second-order valence-corrected chi connectivity index (χ2v) is 4.87. The molecule has 3 N–H and O–H groups in total. The molecule has 1 unspecified atom stereocenters. The van der Waals surface area contributed by atoms with Crippen LogP contribution in [0.1, 0.15) is 30.0 Å². The Labute approximate surface area is 108 Å². The number of anilines is 1. The molecular formula is C14H21N3O. The second kappa shape index (κ2) is 5.50. The van der Waals surface area contributed by atoms with Gasteiger partial charge in [-0.15, -0.1) is 0 Å². The summed E-state index contributed by atoms with van der Waals surface area (Å²) >= 11 is 0. The monoisotopic (exact) mass is 247 g/mol. The van der Waals surface area contributed by atoms with Crippen molar-refractivity contribution in [3.63, 3.8) is 0 Å². The van der Waals surface area contributed by atoms with E-state index in [1.54, 1.807) is 4.90 Å². The Morgan fingerprint density at radius 3 is 3.00 bits per heavy atom. The first-order valence-electron chi connectivity index (χ1n) is 6.43. The van der Waals surface area contributed by atoms with Gasteiger partial charge in [-0.3, -0.25) is 4.79 Å². The van der Waals surface area contributed by atoms with Crippen molar-refractivity contribution in [3.05, 3.63) is 29.3 Å². The topological polar surface area (TPSA) is 58.4 Å². The average molecular weight is 247 g/mol. The Balaban J connectivity index is 2.08. The number of nitrogens with two attached hydrogens (primary N) is 1. The highest BCUT2D eigenvalue weighted by Crippen LogP contribution is 2.30. The van der Waals surface area contributed by atoms with E-state index in [9.17, 15) is 4.79 Å². The molecular weight excluding hydrogens is 226 g/mol. The molecule has 0 fully saturated rings. The lowest BCUT2D eigenvalue weighted by Gasteiger charge is -2.14. The van der Waals surface area contributed by atoms with Gasteiger partial charge in [0.2, 0.25) is 5.91 Å². The summed E-state index contributed by atoms with van der Waals surface area (Å²) in [6, 6.07) is 6.19. The first kappa shape index (κ1) is 13.1. The third-order valence-corrected chi connectivity index (χ3v) is 3.55. The Morgan fingerprint density at radius 2 is 2.28 bits per heavy atom. The standard InChI is InChI=1S/C14H21N3O/c1-16-7-3-4-12(15)10-5-6-13-11(8-10)9-14(18)17(13)2/h5-6,8,12,16H,3-4,7,9,15H2,1-2H3. The Hall–Kier alpha value is -1.39. The van der Waals surface area contributed by atoms with Crippen LogP contribution in [0.5, 0.6) is 0 Å². The summed E-state index contributed by atoms with van der Waals surface area (Å²) in [5.74, 6) is 0.158. The van der Waals surface area contributed by atoms with Crippen LogP contribution in [0.25, 0.3) is 0 Å². The molecule has 1 aromatic rings. The van der Waals surface area contributed by atoms with Crippen molar-refractivity contribution >= 4 is 11.6 Å². The van der Waals surface area contributed by atoms with Gasteiger partial charge in [0.1, 0.15) is 0 Å². The number of nitrogens with zero attached hydrogens (tertiary/aromatic N) is 1. The van der Waals surface area contributed by atoms with Gasteiger partial charge in [-0.25, -0.2) is 0 Å². The highest BCUT2D eigenvalue weighted by molar-refractivity contribution is 6.00. The zero-order chi connectivity index (χ0) is 13.1. The third-order valence-electron chi connectivity index (χ3n) is 3.55. The average Bonchev–Trinajstić information content (AvgIpc) is 2.65.